The number of hydroxylamine groups is 2. The average Bonchev–Trinajstić information content (AvgIpc) is 2.43. The Kier molecular flexibility index (Phi) is 3.25. The predicted molar refractivity (Wildman–Crippen MR) is 49.5 cm³/mol. The van der Waals surface area contributed by atoms with Gasteiger partial charge in [-0.1, -0.05) is 0 Å². The molecule has 84 valence electrons. The van der Waals surface area contributed by atoms with E-state index in [1.807, 2.05) is 0 Å². The van der Waals surface area contributed by atoms with Gasteiger partial charge in [-0.3, -0.25) is 19.3 Å². The maximum absolute atomic E-state index is 11.4. The molecule has 0 aromatic rings. The summed E-state index contributed by atoms with van der Waals surface area (Å²) >= 11 is 0. The summed E-state index contributed by atoms with van der Waals surface area (Å²) in [5.41, 5.74) is 0. The zero-order valence-corrected chi connectivity index (χ0v) is 8.89. The molecule has 1 heterocycles. The monoisotopic (exact) mass is 215 g/mol. The van der Waals surface area contributed by atoms with Crippen molar-refractivity contribution in [2.45, 2.75) is 0 Å². The van der Waals surface area contributed by atoms with Crippen LogP contribution < -0.4 is 0 Å². The van der Waals surface area contributed by atoms with E-state index in [0.717, 1.165) is 9.96 Å². The molecular weight excluding hydrogens is 202 g/mol. The molecule has 7 heteroatoms. The van der Waals surface area contributed by atoms with Crippen LogP contribution in [0, 0.1) is 0 Å². The van der Waals surface area contributed by atoms with Crippen LogP contribution >= 0.6 is 0 Å². The normalized spacial score (nSPS) is 16.2. The van der Waals surface area contributed by atoms with Gasteiger partial charge >= 0.3 is 6.03 Å². The lowest BCUT2D eigenvalue weighted by Crippen LogP contribution is -2.41. The summed E-state index contributed by atoms with van der Waals surface area (Å²) < 4.78 is 0. The van der Waals surface area contributed by atoms with E-state index in [2.05, 4.69) is 4.84 Å². The van der Waals surface area contributed by atoms with E-state index in [1.54, 1.807) is 0 Å². The van der Waals surface area contributed by atoms with Gasteiger partial charge in [0, 0.05) is 14.1 Å². The van der Waals surface area contributed by atoms with Gasteiger partial charge < -0.3 is 4.90 Å². The predicted octanol–water partition coefficient (Wildman–Crippen LogP) is -1.10. The van der Waals surface area contributed by atoms with Crippen LogP contribution in [0.5, 0.6) is 0 Å². The lowest BCUT2D eigenvalue weighted by molar-refractivity contribution is -0.169. The van der Waals surface area contributed by atoms with Crippen LogP contribution in [0.3, 0.4) is 0 Å². The maximum atomic E-state index is 11.4. The number of carbonyl (C=O) groups excluding carboxylic acids is 3. The van der Waals surface area contributed by atoms with E-state index in [-0.39, 0.29) is 19.0 Å². The number of nitrogens with zero attached hydrogens (tertiary/aromatic N) is 3. The fourth-order valence-electron chi connectivity index (χ4n) is 1.16. The Morgan fingerprint density at radius 3 is 2.53 bits per heavy atom. The van der Waals surface area contributed by atoms with E-state index in [4.69, 9.17) is 0 Å². The SMILES string of the molecule is CON(C)C(=O)CN1C(=O)CN(C)C1=O. The molecule has 0 aromatic carbocycles. The molecule has 7 nitrogen and oxygen atoms in total. The van der Waals surface area contributed by atoms with E-state index in [0.29, 0.717) is 0 Å². The number of hydrogen-bond acceptors (Lipinski definition) is 4. The molecule has 4 amide bonds. The molecule has 1 rings (SSSR count). The lowest BCUT2D eigenvalue weighted by atomic mass is 10.5. The molecule has 15 heavy (non-hydrogen) atoms. The number of likely N-dealkylation sites (N-methyl/N-ethyl adjacent to an activating group) is 2. The van der Waals surface area contributed by atoms with E-state index >= 15 is 0 Å². The number of carbonyl (C=O) groups is 3. The Morgan fingerprint density at radius 1 is 1.53 bits per heavy atom. The van der Waals surface area contributed by atoms with Gasteiger partial charge in [0.1, 0.15) is 13.1 Å². The number of hydrogen-bond donors (Lipinski definition) is 0. The second-order valence-corrected chi connectivity index (χ2v) is 3.19. The van der Waals surface area contributed by atoms with Crippen LogP contribution in [0.4, 0.5) is 4.79 Å². The number of rotatable bonds is 3. The van der Waals surface area contributed by atoms with Crippen molar-refractivity contribution in [2.75, 3.05) is 34.3 Å². The highest BCUT2D eigenvalue weighted by molar-refractivity contribution is 6.04. The van der Waals surface area contributed by atoms with Crippen molar-refractivity contribution < 1.29 is 19.2 Å². The molecule has 0 saturated carbocycles. The van der Waals surface area contributed by atoms with E-state index in [1.165, 1.54) is 26.1 Å². The molecule has 1 fully saturated rings. The highest BCUT2D eigenvalue weighted by Crippen LogP contribution is 2.07. The fourth-order valence-corrected chi connectivity index (χ4v) is 1.16. The number of imide groups is 1. The molecule has 0 spiro atoms. The first-order valence-electron chi connectivity index (χ1n) is 4.33. The molecule has 0 radical (unpaired) electrons. The first kappa shape index (κ1) is 11.4. The Balaban J connectivity index is 2.62. The summed E-state index contributed by atoms with van der Waals surface area (Å²) in [6.45, 7) is -0.269. The second kappa shape index (κ2) is 4.26. The summed E-state index contributed by atoms with van der Waals surface area (Å²) in [7, 11) is 4.25. The van der Waals surface area contributed by atoms with Gasteiger partial charge in [-0.2, -0.15) is 0 Å². The molecule has 0 bridgehead atoms. The van der Waals surface area contributed by atoms with Gasteiger partial charge in [0.05, 0.1) is 7.11 Å². The van der Waals surface area contributed by atoms with Crippen molar-refractivity contribution in [2.24, 2.45) is 0 Å². The van der Waals surface area contributed by atoms with Gasteiger partial charge in [-0.25, -0.2) is 9.86 Å². The molecule has 1 aliphatic rings. The summed E-state index contributed by atoms with van der Waals surface area (Å²) in [6, 6.07) is -0.460. The molecule has 0 N–H and O–H groups in total. The van der Waals surface area contributed by atoms with Crippen molar-refractivity contribution in [3.63, 3.8) is 0 Å². The molecule has 0 aromatic heterocycles. The van der Waals surface area contributed by atoms with E-state index < -0.39 is 11.9 Å². The standard InChI is InChI=1S/C8H13N3O4/c1-9-4-7(13)11(8(9)14)5-6(12)10(2)15-3/h4-5H2,1-3H3. The minimum absolute atomic E-state index is 0.0167. The summed E-state index contributed by atoms with van der Waals surface area (Å²) in [4.78, 5) is 40.8. The average molecular weight is 215 g/mol. The minimum Gasteiger partial charge on any atom is -0.318 e. The minimum atomic E-state index is -0.460. The third kappa shape index (κ3) is 2.24. The molecule has 0 unspecified atom stereocenters. The van der Waals surface area contributed by atoms with Crippen molar-refractivity contribution in [3.8, 4) is 0 Å². The quantitative estimate of drug-likeness (QED) is 0.442. The van der Waals surface area contributed by atoms with Gasteiger partial charge in [-0.15, -0.1) is 0 Å². The summed E-state index contributed by atoms with van der Waals surface area (Å²) in [5, 5.41) is 0.971. The van der Waals surface area contributed by atoms with Crippen LogP contribution in [-0.2, 0) is 14.4 Å². The summed E-state index contributed by atoms with van der Waals surface area (Å²) in [5.74, 6) is -0.824. The molecular formula is C8H13N3O4. The molecule has 1 saturated heterocycles. The Labute approximate surface area is 87.1 Å². The van der Waals surface area contributed by atoms with Crippen LogP contribution in [-0.4, -0.2) is 67.0 Å². The largest absolute Gasteiger partial charge is 0.327 e. The first-order chi connectivity index (χ1) is 6.97. The topological polar surface area (TPSA) is 70.2 Å². The molecule has 0 aliphatic carbocycles. The number of urea groups is 1. The lowest BCUT2D eigenvalue weighted by Gasteiger charge is -2.18. The number of amides is 4. The van der Waals surface area contributed by atoms with Gasteiger partial charge in [0.2, 0.25) is 0 Å². The Morgan fingerprint density at radius 2 is 2.13 bits per heavy atom. The summed E-state index contributed by atoms with van der Waals surface area (Å²) in [6.07, 6.45) is 0. The zero-order chi connectivity index (χ0) is 11.6. The molecule has 1 aliphatic heterocycles. The Hall–Kier alpha value is -1.63. The highest BCUT2D eigenvalue weighted by atomic mass is 16.7. The maximum Gasteiger partial charge on any atom is 0.327 e. The van der Waals surface area contributed by atoms with Crippen LogP contribution in [0.2, 0.25) is 0 Å². The smallest absolute Gasteiger partial charge is 0.318 e. The zero-order valence-electron chi connectivity index (χ0n) is 8.89. The third-order valence-electron chi connectivity index (χ3n) is 2.15. The highest BCUT2D eigenvalue weighted by Gasteiger charge is 2.35. The Bertz CT molecular complexity index is 304. The van der Waals surface area contributed by atoms with Gasteiger partial charge in [-0.05, 0) is 0 Å². The molecule has 0 atom stereocenters. The second-order valence-electron chi connectivity index (χ2n) is 3.19. The van der Waals surface area contributed by atoms with Gasteiger partial charge in [0.15, 0.2) is 0 Å². The van der Waals surface area contributed by atoms with Crippen LogP contribution in [0.1, 0.15) is 0 Å². The fraction of sp³-hybridized carbons (Fsp3) is 0.625. The van der Waals surface area contributed by atoms with Crippen molar-refractivity contribution in [3.05, 3.63) is 0 Å². The van der Waals surface area contributed by atoms with E-state index in [9.17, 15) is 14.4 Å². The third-order valence-corrected chi connectivity index (χ3v) is 2.15. The van der Waals surface area contributed by atoms with Crippen molar-refractivity contribution in [1.29, 1.82) is 0 Å². The first-order valence-corrected chi connectivity index (χ1v) is 4.33. The van der Waals surface area contributed by atoms with Crippen LogP contribution in [0.25, 0.3) is 0 Å². The van der Waals surface area contributed by atoms with Gasteiger partial charge in [0.25, 0.3) is 11.8 Å². The van der Waals surface area contributed by atoms with Crippen LogP contribution in [0.15, 0.2) is 0 Å². The van der Waals surface area contributed by atoms with Crippen molar-refractivity contribution >= 4 is 17.8 Å². The van der Waals surface area contributed by atoms with Crippen molar-refractivity contribution in [1.82, 2.24) is 14.9 Å².